The van der Waals surface area contributed by atoms with Crippen molar-refractivity contribution in [1.29, 1.82) is 0 Å². The van der Waals surface area contributed by atoms with Crippen molar-refractivity contribution in [3.63, 3.8) is 0 Å². The van der Waals surface area contributed by atoms with E-state index in [9.17, 15) is 9.59 Å². The number of amides is 1. The van der Waals surface area contributed by atoms with Crippen molar-refractivity contribution in [2.24, 2.45) is 0 Å². The van der Waals surface area contributed by atoms with Crippen LogP contribution in [-0.4, -0.2) is 23.0 Å². The van der Waals surface area contributed by atoms with E-state index in [0.29, 0.717) is 0 Å². The molecule has 0 radical (unpaired) electrons. The molecule has 134 valence electrons. The molecule has 0 spiro atoms. The third kappa shape index (κ3) is 4.17. The summed E-state index contributed by atoms with van der Waals surface area (Å²) in [5, 5.41) is 0. The molecule has 0 saturated heterocycles. The fourth-order valence-corrected chi connectivity index (χ4v) is 3.42. The van der Waals surface area contributed by atoms with Gasteiger partial charge in [-0.2, -0.15) is 0 Å². The van der Waals surface area contributed by atoms with Crippen LogP contribution in [0.15, 0.2) is 59.6 Å². The van der Waals surface area contributed by atoms with Gasteiger partial charge < -0.3 is 9.64 Å². The van der Waals surface area contributed by atoms with Crippen molar-refractivity contribution >= 4 is 29.7 Å². The van der Waals surface area contributed by atoms with Crippen LogP contribution in [0.25, 0.3) is 6.08 Å². The van der Waals surface area contributed by atoms with Crippen LogP contribution < -0.4 is 0 Å². The number of fused-ring (bicyclic) bond motifs is 1. The quantitative estimate of drug-likeness (QED) is 0.580. The predicted molar refractivity (Wildman–Crippen MR) is 103 cm³/mol. The molecule has 0 fully saturated rings. The number of nitrogens with zero attached hydrogens (tertiary/aromatic N) is 1. The van der Waals surface area contributed by atoms with Gasteiger partial charge in [-0.15, -0.1) is 11.8 Å². The molecule has 0 bridgehead atoms. The van der Waals surface area contributed by atoms with Crippen LogP contribution in [0.1, 0.15) is 36.1 Å². The lowest BCUT2D eigenvalue weighted by atomic mass is 9.94. The number of ether oxygens (including phenoxy) is 1. The van der Waals surface area contributed by atoms with Crippen LogP contribution in [0.4, 0.5) is 0 Å². The minimum absolute atomic E-state index is 0.0961. The summed E-state index contributed by atoms with van der Waals surface area (Å²) in [7, 11) is 0. The number of hydrogen-bond acceptors (Lipinski definition) is 4. The van der Waals surface area contributed by atoms with E-state index >= 15 is 0 Å². The Bertz CT molecular complexity index is 829. The fourth-order valence-electron chi connectivity index (χ4n) is 3.02. The second kappa shape index (κ2) is 8.23. The molecule has 0 saturated carbocycles. The molecule has 0 aliphatic carbocycles. The second-order valence-electron chi connectivity index (χ2n) is 6.10. The van der Waals surface area contributed by atoms with Gasteiger partial charge in [0, 0.05) is 18.0 Å². The molecule has 1 aliphatic heterocycles. The summed E-state index contributed by atoms with van der Waals surface area (Å²) in [6, 6.07) is 15.4. The number of esters is 1. The SMILES string of the molecule is CSc1ccc(COC(=O)CC2c3ccccc3C=CN2C(C)=O)cc1. The van der Waals surface area contributed by atoms with Crippen LogP contribution in [-0.2, 0) is 20.9 Å². The molecule has 0 N–H and O–H groups in total. The Balaban J connectivity index is 1.68. The van der Waals surface area contributed by atoms with Gasteiger partial charge in [0.05, 0.1) is 12.5 Å². The van der Waals surface area contributed by atoms with E-state index in [1.807, 2.05) is 60.9 Å². The van der Waals surface area contributed by atoms with Gasteiger partial charge in [0.15, 0.2) is 0 Å². The number of rotatable bonds is 5. The van der Waals surface area contributed by atoms with Crippen molar-refractivity contribution in [2.75, 3.05) is 6.26 Å². The first kappa shape index (κ1) is 18.3. The standard InChI is InChI=1S/C21H21NO3S/c1-15(23)22-12-11-17-5-3-4-6-19(17)20(22)13-21(24)25-14-16-7-9-18(26-2)10-8-16/h3-12,20H,13-14H2,1-2H3. The Morgan fingerprint density at radius 3 is 2.54 bits per heavy atom. The van der Waals surface area contributed by atoms with E-state index < -0.39 is 0 Å². The molecule has 3 rings (SSSR count). The maximum absolute atomic E-state index is 12.4. The number of carbonyl (C=O) groups is 2. The lowest BCUT2D eigenvalue weighted by Gasteiger charge is -2.32. The molecule has 1 heterocycles. The zero-order valence-electron chi connectivity index (χ0n) is 14.8. The highest BCUT2D eigenvalue weighted by Gasteiger charge is 2.28. The molecular formula is C21H21NO3S. The Morgan fingerprint density at radius 2 is 1.85 bits per heavy atom. The predicted octanol–water partition coefficient (Wildman–Crippen LogP) is 4.42. The topological polar surface area (TPSA) is 46.6 Å². The van der Waals surface area contributed by atoms with Crippen molar-refractivity contribution in [2.45, 2.75) is 30.9 Å². The number of hydrogen-bond donors (Lipinski definition) is 0. The molecule has 1 aliphatic rings. The minimum atomic E-state index is -0.333. The summed E-state index contributed by atoms with van der Waals surface area (Å²) in [5.74, 6) is -0.415. The molecule has 26 heavy (non-hydrogen) atoms. The summed E-state index contributed by atoms with van der Waals surface area (Å²) >= 11 is 1.67. The smallest absolute Gasteiger partial charge is 0.308 e. The summed E-state index contributed by atoms with van der Waals surface area (Å²) in [5.41, 5.74) is 2.94. The van der Waals surface area contributed by atoms with E-state index in [0.717, 1.165) is 16.7 Å². The van der Waals surface area contributed by atoms with E-state index in [1.54, 1.807) is 22.9 Å². The van der Waals surface area contributed by atoms with Gasteiger partial charge in [-0.3, -0.25) is 9.59 Å². The summed E-state index contributed by atoms with van der Waals surface area (Å²) in [6.07, 6.45) is 5.78. The first-order valence-corrected chi connectivity index (χ1v) is 9.65. The van der Waals surface area contributed by atoms with E-state index in [4.69, 9.17) is 4.74 Å². The van der Waals surface area contributed by atoms with Gasteiger partial charge in [0.1, 0.15) is 6.61 Å². The van der Waals surface area contributed by atoms with Crippen molar-refractivity contribution in [3.8, 4) is 0 Å². The molecule has 2 aromatic rings. The Morgan fingerprint density at radius 1 is 1.12 bits per heavy atom. The molecule has 0 aromatic heterocycles. The highest BCUT2D eigenvalue weighted by atomic mass is 32.2. The highest BCUT2D eigenvalue weighted by Crippen LogP contribution is 2.33. The molecule has 1 unspecified atom stereocenters. The van der Waals surface area contributed by atoms with Crippen molar-refractivity contribution in [1.82, 2.24) is 4.90 Å². The van der Waals surface area contributed by atoms with Gasteiger partial charge in [-0.25, -0.2) is 0 Å². The molecule has 1 amide bonds. The van der Waals surface area contributed by atoms with Crippen LogP contribution in [0.2, 0.25) is 0 Å². The summed E-state index contributed by atoms with van der Waals surface area (Å²) in [6.45, 7) is 1.74. The normalized spacial score (nSPS) is 15.5. The van der Waals surface area contributed by atoms with Gasteiger partial charge in [-0.05, 0) is 41.2 Å². The summed E-state index contributed by atoms with van der Waals surface area (Å²) in [4.78, 5) is 27.1. The van der Waals surface area contributed by atoms with Crippen molar-refractivity contribution < 1.29 is 14.3 Å². The minimum Gasteiger partial charge on any atom is -0.461 e. The Labute approximate surface area is 157 Å². The maximum atomic E-state index is 12.4. The van der Waals surface area contributed by atoms with Crippen LogP contribution in [0.5, 0.6) is 0 Å². The van der Waals surface area contributed by atoms with Gasteiger partial charge in [0.25, 0.3) is 0 Å². The molecule has 1 atom stereocenters. The lowest BCUT2D eigenvalue weighted by molar-refractivity contribution is -0.146. The third-order valence-corrected chi connectivity index (χ3v) is 5.13. The zero-order valence-corrected chi connectivity index (χ0v) is 15.7. The Kier molecular flexibility index (Phi) is 5.78. The monoisotopic (exact) mass is 367 g/mol. The van der Waals surface area contributed by atoms with Gasteiger partial charge in [-0.1, -0.05) is 36.4 Å². The average Bonchev–Trinajstić information content (AvgIpc) is 2.66. The van der Waals surface area contributed by atoms with Crippen molar-refractivity contribution in [3.05, 3.63) is 71.4 Å². The van der Waals surface area contributed by atoms with Gasteiger partial charge >= 0.3 is 5.97 Å². The van der Waals surface area contributed by atoms with Crippen LogP contribution in [0, 0.1) is 0 Å². The third-order valence-electron chi connectivity index (χ3n) is 4.39. The second-order valence-corrected chi connectivity index (χ2v) is 6.98. The summed E-state index contributed by atoms with van der Waals surface area (Å²) < 4.78 is 5.44. The highest BCUT2D eigenvalue weighted by molar-refractivity contribution is 7.98. The number of thioether (sulfide) groups is 1. The van der Waals surface area contributed by atoms with Crippen LogP contribution in [0.3, 0.4) is 0 Å². The van der Waals surface area contributed by atoms with Gasteiger partial charge in [0.2, 0.25) is 5.91 Å². The van der Waals surface area contributed by atoms with E-state index in [2.05, 4.69) is 0 Å². The molecular weight excluding hydrogens is 346 g/mol. The molecule has 4 nitrogen and oxygen atoms in total. The zero-order chi connectivity index (χ0) is 18.5. The largest absolute Gasteiger partial charge is 0.461 e. The van der Waals surface area contributed by atoms with Crippen LogP contribution >= 0.6 is 11.8 Å². The fraction of sp³-hybridized carbons (Fsp3) is 0.238. The molecule has 2 aromatic carbocycles. The van der Waals surface area contributed by atoms with E-state index in [1.165, 1.54) is 11.8 Å². The first-order valence-electron chi connectivity index (χ1n) is 8.43. The van der Waals surface area contributed by atoms with E-state index in [-0.39, 0.29) is 30.9 Å². The maximum Gasteiger partial charge on any atom is 0.308 e. The average molecular weight is 367 g/mol. The number of benzene rings is 2. The first-order chi connectivity index (χ1) is 12.6. The lowest BCUT2D eigenvalue weighted by Crippen LogP contribution is -2.32. The Hall–Kier alpha value is -2.53. The number of carbonyl (C=O) groups excluding carboxylic acids is 2. The molecule has 5 heteroatoms.